The molecule has 0 aliphatic carbocycles. The van der Waals surface area contributed by atoms with Gasteiger partial charge < -0.3 is 14.1 Å². The number of nitrogens with zero attached hydrogens (tertiary/aromatic N) is 6. The molecule has 0 spiro atoms. The SMILES string of the molecule is Cc1cnc(-c2[c-]cccc2)n1C.Cc1cnc(-c2[c-]cccc2)n1C.[Ir].c1ccc(-c2ncc[nH]2)nc1. The number of aromatic amines is 1. The second-order valence-corrected chi connectivity index (χ2v) is 8.27. The van der Waals surface area contributed by atoms with Crippen molar-refractivity contribution in [3.05, 3.63) is 121 Å². The summed E-state index contributed by atoms with van der Waals surface area (Å²) in [5, 5.41) is 0. The van der Waals surface area contributed by atoms with E-state index in [2.05, 4.69) is 46.2 Å². The zero-order valence-corrected chi connectivity index (χ0v) is 24.1. The van der Waals surface area contributed by atoms with Crippen LogP contribution in [0.1, 0.15) is 11.4 Å². The van der Waals surface area contributed by atoms with E-state index in [4.69, 9.17) is 0 Å². The molecule has 6 aromatic rings. The Morgan fingerprint density at radius 3 is 1.58 bits per heavy atom. The number of nitrogens with one attached hydrogen (secondary N) is 1. The van der Waals surface area contributed by atoms with Crippen LogP contribution >= 0.6 is 0 Å². The molecule has 1 radical (unpaired) electrons. The molecule has 0 atom stereocenters. The number of rotatable bonds is 3. The van der Waals surface area contributed by atoms with E-state index in [9.17, 15) is 0 Å². The van der Waals surface area contributed by atoms with Gasteiger partial charge in [-0.05, 0) is 26.0 Å². The van der Waals surface area contributed by atoms with Crippen LogP contribution in [-0.2, 0) is 34.2 Å². The summed E-state index contributed by atoms with van der Waals surface area (Å²) in [6.45, 7) is 4.08. The van der Waals surface area contributed by atoms with Gasteiger partial charge in [-0.15, -0.1) is 71.8 Å². The minimum absolute atomic E-state index is 0. The third kappa shape index (κ3) is 7.22. The van der Waals surface area contributed by atoms with Crippen LogP contribution in [0.3, 0.4) is 0 Å². The summed E-state index contributed by atoms with van der Waals surface area (Å²) in [6, 6.07) is 27.8. The maximum Gasteiger partial charge on any atom is 0.155 e. The quantitative estimate of drug-likeness (QED) is 0.238. The molecule has 195 valence electrons. The third-order valence-corrected chi connectivity index (χ3v) is 5.75. The number of hydrogen-bond donors (Lipinski definition) is 1. The molecule has 0 aliphatic heterocycles. The Bertz CT molecular complexity index is 1410. The number of benzene rings is 2. The van der Waals surface area contributed by atoms with Gasteiger partial charge >= 0.3 is 0 Å². The summed E-state index contributed by atoms with van der Waals surface area (Å²) in [5.74, 6) is 2.75. The molecule has 7 nitrogen and oxygen atoms in total. The van der Waals surface area contributed by atoms with Gasteiger partial charge in [-0.2, -0.15) is 0 Å². The molecule has 8 heteroatoms. The number of aryl methyl sites for hydroxylation is 2. The van der Waals surface area contributed by atoms with Crippen LogP contribution in [0.5, 0.6) is 0 Å². The van der Waals surface area contributed by atoms with E-state index in [0.717, 1.165) is 45.7 Å². The Morgan fingerprint density at radius 2 is 1.21 bits per heavy atom. The first-order chi connectivity index (χ1) is 18.0. The Kier molecular flexibility index (Phi) is 10.5. The van der Waals surface area contributed by atoms with Crippen molar-refractivity contribution in [1.82, 2.24) is 34.1 Å². The van der Waals surface area contributed by atoms with Crippen molar-refractivity contribution in [3.63, 3.8) is 0 Å². The van der Waals surface area contributed by atoms with Gasteiger partial charge in [0, 0.05) is 76.6 Å². The van der Waals surface area contributed by atoms with Crippen molar-refractivity contribution in [2.75, 3.05) is 0 Å². The van der Waals surface area contributed by atoms with Gasteiger partial charge in [0.2, 0.25) is 0 Å². The number of aromatic nitrogens is 7. The minimum atomic E-state index is 0. The summed E-state index contributed by atoms with van der Waals surface area (Å²) in [7, 11) is 4.02. The second kappa shape index (κ2) is 14.0. The molecule has 0 aliphatic rings. The largest absolute Gasteiger partial charge is 0.371 e. The van der Waals surface area contributed by atoms with Gasteiger partial charge in [0.15, 0.2) is 5.82 Å². The fourth-order valence-electron chi connectivity index (χ4n) is 3.46. The van der Waals surface area contributed by atoms with Crippen LogP contribution < -0.4 is 0 Å². The number of imidazole rings is 3. The predicted octanol–water partition coefficient (Wildman–Crippen LogP) is 5.86. The normalized spacial score (nSPS) is 9.89. The second-order valence-electron chi connectivity index (χ2n) is 8.27. The molecule has 0 saturated heterocycles. The third-order valence-electron chi connectivity index (χ3n) is 5.75. The molecule has 0 amide bonds. The first-order valence-electron chi connectivity index (χ1n) is 11.9. The van der Waals surface area contributed by atoms with E-state index in [0.29, 0.717) is 0 Å². The standard InChI is InChI=1S/2C11H11N2.C8H7N3.Ir/c2*1-9-8-12-11(13(9)2)10-6-4-3-5-7-10;1-2-4-9-7(3-1)8-10-5-6-11-8;/h2*3-6,8H,1-2H3;1-6H,(H,10,11);/q2*-1;;. The first-order valence-corrected chi connectivity index (χ1v) is 11.9. The Hall–Kier alpha value is -4.13. The maximum absolute atomic E-state index is 4.32. The van der Waals surface area contributed by atoms with Crippen molar-refractivity contribution in [3.8, 4) is 34.3 Å². The Morgan fingerprint density at radius 1 is 0.658 bits per heavy atom. The zero-order valence-electron chi connectivity index (χ0n) is 21.8. The van der Waals surface area contributed by atoms with Crippen molar-refractivity contribution in [1.29, 1.82) is 0 Å². The Balaban J connectivity index is 0.000000156. The average molecular weight is 680 g/mol. The molecule has 1 N–H and O–H groups in total. The van der Waals surface area contributed by atoms with Gasteiger partial charge in [0.05, 0.1) is 11.6 Å². The van der Waals surface area contributed by atoms with Crippen LogP contribution in [0, 0.1) is 26.0 Å². The predicted molar refractivity (Wildman–Crippen MR) is 146 cm³/mol. The van der Waals surface area contributed by atoms with Crippen LogP contribution in [-0.4, -0.2) is 34.1 Å². The van der Waals surface area contributed by atoms with E-state index in [-0.39, 0.29) is 20.1 Å². The van der Waals surface area contributed by atoms with Gasteiger partial charge in [-0.25, -0.2) is 4.98 Å². The number of H-pyrrole nitrogens is 1. The molecule has 0 fully saturated rings. The average Bonchev–Trinajstić information content (AvgIpc) is 3.69. The van der Waals surface area contributed by atoms with Gasteiger partial charge in [0.25, 0.3) is 0 Å². The van der Waals surface area contributed by atoms with Crippen molar-refractivity contribution in [2.45, 2.75) is 13.8 Å². The smallest absolute Gasteiger partial charge is 0.155 e. The summed E-state index contributed by atoms with van der Waals surface area (Å²) < 4.78 is 4.12. The molecular weight excluding hydrogens is 651 g/mol. The molecular formula is C30H29IrN7-2. The fourth-order valence-corrected chi connectivity index (χ4v) is 3.46. The minimum Gasteiger partial charge on any atom is -0.371 e. The van der Waals surface area contributed by atoms with Crippen molar-refractivity contribution < 1.29 is 20.1 Å². The number of hydrogen-bond acceptors (Lipinski definition) is 4. The molecule has 0 saturated carbocycles. The molecule has 6 rings (SSSR count). The maximum atomic E-state index is 4.32. The topological polar surface area (TPSA) is 77.2 Å². The van der Waals surface area contributed by atoms with Crippen LogP contribution in [0.2, 0.25) is 0 Å². The first kappa shape index (κ1) is 28.4. The van der Waals surface area contributed by atoms with Crippen molar-refractivity contribution >= 4 is 0 Å². The van der Waals surface area contributed by atoms with E-state index in [1.807, 2.05) is 107 Å². The van der Waals surface area contributed by atoms with Gasteiger partial charge in [-0.1, -0.05) is 6.07 Å². The van der Waals surface area contributed by atoms with Crippen molar-refractivity contribution in [2.24, 2.45) is 14.1 Å². The summed E-state index contributed by atoms with van der Waals surface area (Å²) in [6.07, 6.45) is 8.98. The van der Waals surface area contributed by atoms with Gasteiger partial charge in [0.1, 0.15) is 5.69 Å². The van der Waals surface area contributed by atoms with Crippen LogP contribution in [0.25, 0.3) is 34.3 Å². The summed E-state index contributed by atoms with van der Waals surface area (Å²) in [4.78, 5) is 19.8. The molecule has 38 heavy (non-hydrogen) atoms. The molecule has 2 aromatic carbocycles. The van der Waals surface area contributed by atoms with E-state index >= 15 is 0 Å². The van der Waals surface area contributed by atoms with E-state index < -0.39 is 0 Å². The summed E-state index contributed by atoms with van der Waals surface area (Å²) >= 11 is 0. The fraction of sp³-hybridized carbons (Fsp3) is 0.133. The zero-order chi connectivity index (χ0) is 26.0. The number of pyridine rings is 1. The Labute approximate surface area is 237 Å². The van der Waals surface area contributed by atoms with E-state index in [1.165, 1.54) is 0 Å². The van der Waals surface area contributed by atoms with Crippen LogP contribution in [0.4, 0.5) is 0 Å². The molecule has 0 bridgehead atoms. The van der Waals surface area contributed by atoms with Gasteiger partial charge in [-0.3, -0.25) is 15.0 Å². The monoisotopic (exact) mass is 680 g/mol. The molecule has 0 unspecified atom stereocenters. The summed E-state index contributed by atoms with van der Waals surface area (Å²) in [5.41, 5.74) is 5.27. The molecule has 4 aromatic heterocycles. The molecule has 4 heterocycles. The van der Waals surface area contributed by atoms with Crippen LogP contribution in [0.15, 0.2) is 97.7 Å². The van der Waals surface area contributed by atoms with E-state index in [1.54, 1.807) is 18.6 Å².